The lowest BCUT2D eigenvalue weighted by Crippen LogP contribution is -2.24. The van der Waals surface area contributed by atoms with Crippen molar-refractivity contribution in [3.8, 4) is 0 Å². The van der Waals surface area contributed by atoms with Crippen molar-refractivity contribution in [1.29, 1.82) is 0 Å². The third-order valence-electron chi connectivity index (χ3n) is 4.00. The number of hydrogen-bond donors (Lipinski definition) is 2. The van der Waals surface area contributed by atoms with Crippen LogP contribution in [0.3, 0.4) is 0 Å². The maximum atomic E-state index is 3.75. The molecule has 1 aromatic rings. The first-order chi connectivity index (χ1) is 8.43. The van der Waals surface area contributed by atoms with Gasteiger partial charge < -0.3 is 10.6 Å². The fourth-order valence-corrected chi connectivity index (χ4v) is 2.74. The van der Waals surface area contributed by atoms with Crippen molar-refractivity contribution in [2.45, 2.75) is 38.3 Å². The molecule has 0 aromatic heterocycles. The Hall–Kier alpha value is -0.860. The minimum atomic E-state index is 0.556. The summed E-state index contributed by atoms with van der Waals surface area (Å²) in [6, 6.07) is 9.41. The fourth-order valence-electron chi connectivity index (χ4n) is 2.74. The third kappa shape index (κ3) is 2.88. The summed E-state index contributed by atoms with van der Waals surface area (Å²) >= 11 is 0. The summed E-state index contributed by atoms with van der Waals surface area (Å²) in [5.74, 6) is 1.03. The first-order valence-electron chi connectivity index (χ1n) is 6.95. The van der Waals surface area contributed by atoms with E-state index in [9.17, 15) is 0 Å². The highest BCUT2D eigenvalue weighted by atomic mass is 14.9. The van der Waals surface area contributed by atoms with Crippen molar-refractivity contribution >= 4 is 0 Å². The molecule has 2 nitrogen and oxygen atoms in total. The van der Waals surface area contributed by atoms with Crippen molar-refractivity contribution in [2.75, 3.05) is 13.1 Å². The van der Waals surface area contributed by atoms with Gasteiger partial charge in [-0.15, -0.1) is 0 Å². The van der Waals surface area contributed by atoms with Crippen molar-refractivity contribution in [2.24, 2.45) is 5.92 Å². The monoisotopic (exact) mass is 230 g/mol. The van der Waals surface area contributed by atoms with E-state index < -0.39 is 0 Å². The van der Waals surface area contributed by atoms with Crippen molar-refractivity contribution < 1.29 is 0 Å². The lowest BCUT2D eigenvalue weighted by molar-refractivity contribution is 0.480. The molecule has 1 heterocycles. The zero-order valence-electron chi connectivity index (χ0n) is 10.4. The molecule has 2 aliphatic rings. The van der Waals surface area contributed by atoms with Gasteiger partial charge in [-0.05, 0) is 43.0 Å². The Balaban J connectivity index is 1.65. The first-order valence-corrected chi connectivity index (χ1v) is 6.95. The SMILES string of the molecule is c1ccc2c(c1)CNCCC2NCCC1CC1. The molecular weight excluding hydrogens is 208 g/mol. The van der Waals surface area contributed by atoms with E-state index in [1.807, 2.05) is 0 Å². The number of hydrogen-bond acceptors (Lipinski definition) is 2. The second-order valence-electron chi connectivity index (χ2n) is 5.40. The van der Waals surface area contributed by atoms with E-state index in [0.717, 1.165) is 19.0 Å². The largest absolute Gasteiger partial charge is 0.313 e. The van der Waals surface area contributed by atoms with E-state index in [1.54, 1.807) is 0 Å². The average molecular weight is 230 g/mol. The van der Waals surface area contributed by atoms with Gasteiger partial charge in [0, 0.05) is 12.6 Å². The zero-order chi connectivity index (χ0) is 11.5. The van der Waals surface area contributed by atoms with Crippen LogP contribution in [0, 0.1) is 5.92 Å². The standard InChI is InChI=1S/C15H22N2/c1-2-4-14-13(3-1)11-16-9-8-15(14)17-10-7-12-5-6-12/h1-4,12,15-17H,5-11H2. The van der Waals surface area contributed by atoms with Gasteiger partial charge >= 0.3 is 0 Å². The molecular formula is C15H22N2. The van der Waals surface area contributed by atoms with Crippen LogP contribution >= 0.6 is 0 Å². The zero-order valence-corrected chi connectivity index (χ0v) is 10.4. The molecule has 0 saturated heterocycles. The van der Waals surface area contributed by atoms with Gasteiger partial charge in [0.05, 0.1) is 0 Å². The topological polar surface area (TPSA) is 24.1 Å². The van der Waals surface area contributed by atoms with Gasteiger partial charge in [-0.3, -0.25) is 0 Å². The van der Waals surface area contributed by atoms with Crippen LogP contribution in [0.2, 0.25) is 0 Å². The van der Waals surface area contributed by atoms with Gasteiger partial charge in [-0.2, -0.15) is 0 Å². The third-order valence-corrected chi connectivity index (χ3v) is 4.00. The van der Waals surface area contributed by atoms with Crippen LogP contribution in [0.25, 0.3) is 0 Å². The molecule has 92 valence electrons. The highest BCUT2D eigenvalue weighted by Gasteiger charge is 2.22. The first kappa shape index (κ1) is 11.2. The molecule has 1 aromatic carbocycles. The highest BCUT2D eigenvalue weighted by molar-refractivity contribution is 5.30. The van der Waals surface area contributed by atoms with Gasteiger partial charge in [0.2, 0.25) is 0 Å². The van der Waals surface area contributed by atoms with E-state index in [-0.39, 0.29) is 0 Å². The van der Waals surface area contributed by atoms with Gasteiger partial charge in [0.25, 0.3) is 0 Å². The Morgan fingerprint density at radius 2 is 2.06 bits per heavy atom. The summed E-state index contributed by atoms with van der Waals surface area (Å²) < 4.78 is 0. The Labute approximate surface area is 104 Å². The number of benzene rings is 1. The van der Waals surface area contributed by atoms with Crippen LogP contribution in [-0.2, 0) is 6.54 Å². The van der Waals surface area contributed by atoms with E-state index in [4.69, 9.17) is 0 Å². The lowest BCUT2D eigenvalue weighted by atomic mass is 9.99. The number of rotatable bonds is 4. The maximum absolute atomic E-state index is 3.75. The average Bonchev–Trinajstić information content (AvgIpc) is 3.17. The van der Waals surface area contributed by atoms with E-state index >= 15 is 0 Å². The van der Waals surface area contributed by atoms with Crippen LogP contribution < -0.4 is 10.6 Å². The maximum Gasteiger partial charge on any atom is 0.0335 e. The molecule has 0 radical (unpaired) electrons. The van der Waals surface area contributed by atoms with Crippen molar-refractivity contribution in [3.63, 3.8) is 0 Å². The second-order valence-corrected chi connectivity index (χ2v) is 5.40. The summed E-state index contributed by atoms with van der Waals surface area (Å²) in [6.45, 7) is 3.33. The molecule has 1 unspecified atom stereocenters. The Morgan fingerprint density at radius 3 is 2.94 bits per heavy atom. The van der Waals surface area contributed by atoms with Crippen molar-refractivity contribution in [3.05, 3.63) is 35.4 Å². The predicted octanol–water partition coefficient (Wildman–Crippen LogP) is 2.61. The molecule has 0 bridgehead atoms. The van der Waals surface area contributed by atoms with Gasteiger partial charge in [0.1, 0.15) is 0 Å². The molecule has 1 aliphatic heterocycles. The summed E-state index contributed by atoms with van der Waals surface area (Å²) in [4.78, 5) is 0. The summed E-state index contributed by atoms with van der Waals surface area (Å²) in [6.07, 6.45) is 5.50. The molecule has 1 saturated carbocycles. The quantitative estimate of drug-likeness (QED) is 0.831. The molecule has 1 fully saturated rings. The van der Waals surface area contributed by atoms with Crippen LogP contribution in [0.4, 0.5) is 0 Å². The number of nitrogens with one attached hydrogen (secondary N) is 2. The number of fused-ring (bicyclic) bond motifs is 1. The molecule has 1 atom stereocenters. The van der Waals surface area contributed by atoms with E-state index in [0.29, 0.717) is 6.04 Å². The summed E-state index contributed by atoms with van der Waals surface area (Å²) in [5, 5.41) is 7.25. The smallest absolute Gasteiger partial charge is 0.0335 e. The molecule has 2 heteroatoms. The van der Waals surface area contributed by atoms with E-state index in [2.05, 4.69) is 34.9 Å². The second kappa shape index (κ2) is 5.19. The minimum absolute atomic E-state index is 0.556. The van der Waals surface area contributed by atoms with E-state index in [1.165, 1.54) is 43.4 Å². The van der Waals surface area contributed by atoms with Crippen LogP contribution in [-0.4, -0.2) is 13.1 Å². The summed E-state index contributed by atoms with van der Waals surface area (Å²) in [5.41, 5.74) is 2.97. The highest BCUT2D eigenvalue weighted by Crippen LogP contribution is 2.32. The van der Waals surface area contributed by atoms with Gasteiger partial charge in [-0.25, -0.2) is 0 Å². The van der Waals surface area contributed by atoms with Crippen LogP contribution in [0.15, 0.2) is 24.3 Å². The predicted molar refractivity (Wildman–Crippen MR) is 70.9 cm³/mol. The van der Waals surface area contributed by atoms with Gasteiger partial charge in [-0.1, -0.05) is 37.1 Å². The molecule has 0 amide bonds. The molecule has 1 aliphatic carbocycles. The minimum Gasteiger partial charge on any atom is -0.313 e. The Kier molecular flexibility index (Phi) is 3.44. The Bertz CT molecular complexity index is 371. The van der Waals surface area contributed by atoms with Gasteiger partial charge in [0.15, 0.2) is 0 Å². The molecule has 2 N–H and O–H groups in total. The normalized spacial score (nSPS) is 24.1. The fraction of sp³-hybridized carbons (Fsp3) is 0.600. The molecule has 17 heavy (non-hydrogen) atoms. The molecule has 3 rings (SSSR count). The van der Waals surface area contributed by atoms with Crippen LogP contribution in [0.5, 0.6) is 0 Å². The summed E-state index contributed by atoms with van der Waals surface area (Å²) in [7, 11) is 0. The lowest BCUT2D eigenvalue weighted by Gasteiger charge is -2.19. The Morgan fingerprint density at radius 1 is 1.18 bits per heavy atom. The van der Waals surface area contributed by atoms with Crippen LogP contribution in [0.1, 0.15) is 42.9 Å². The molecule has 0 spiro atoms. The van der Waals surface area contributed by atoms with Crippen molar-refractivity contribution in [1.82, 2.24) is 10.6 Å².